The van der Waals surface area contributed by atoms with Gasteiger partial charge in [0.25, 0.3) is 11.8 Å². The smallest absolute Gasteiger partial charge is 0.276 e. The second kappa shape index (κ2) is 9.00. The van der Waals surface area contributed by atoms with Crippen LogP contribution < -0.4 is 10.1 Å². The van der Waals surface area contributed by atoms with Gasteiger partial charge < -0.3 is 15.0 Å². The van der Waals surface area contributed by atoms with Gasteiger partial charge in [0.2, 0.25) is 0 Å². The topological polar surface area (TPSA) is 76.5 Å². The molecule has 0 fully saturated rings. The lowest BCUT2D eigenvalue weighted by atomic mass is 10.2. The summed E-state index contributed by atoms with van der Waals surface area (Å²) in [5.74, 6) is 0.916. The summed E-state index contributed by atoms with van der Waals surface area (Å²) in [7, 11) is 0. The minimum Gasteiger partial charge on any atom is -0.457 e. The molecule has 2 heterocycles. The van der Waals surface area contributed by atoms with Gasteiger partial charge in [0.1, 0.15) is 17.2 Å². The van der Waals surface area contributed by atoms with Crippen LogP contribution in [-0.2, 0) is 13.1 Å². The molecule has 0 atom stereocenters. The van der Waals surface area contributed by atoms with Crippen LogP contribution >= 0.6 is 0 Å². The number of anilines is 1. The molecule has 1 aliphatic rings. The van der Waals surface area contributed by atoms with Crippen LogP contribution in [0.1, 0.15) is 26.5 Å². The number of rotatable bonds is 6. The van der Waals surface area contributed by atoms with E-state index in [0.29, 0.717) is 36.8 Å². The highest BCUT2D eigenvalue weighted by molar-refractivity contribution is 6.04. The van der Waals surface area contributed by atoms with Crippen molar-refractivity contribution in [3.05, 3.63) is 108 Å². The Hall–Kier alpha value is -4.39. The maximum absolute atomic E-state index is 12.9. The second-order valence-corrected chi connectivity index (χ2v) is 7.74. The molecule has 2 amide bonds. The summed E-state index contributed by atoms with van der Waals surface area (Å²) < 4.78 is 7.38. The lowest BCUT2D eigenvalue weighted by molar-refractivity contribution is 0.0683. The molecule has 33 heavy (non-hydrogen) atoms. The first-order valence-electron chi connectivity index (χ1n) is 10.7. The molecule has 1 N–H and O–H groups in total. The molecule has 0 aliphatic carbocycles. The van der Waals surface area contributed by atoms with Crippen LogP contribution in [0, 0.1) is 0 Å². The predicted molar refractivity (Wildman–Crippen MR) is 124 cm³/mol. The average Bonchev–Trinajstić information content (AvgIpc) is 3.29. The Morgan fingerprint density at radius 1 is 0.879 bits per heavy atom. The Balaban J connectivity index is 1.24. The third kappa shape index (κ3) is 4.62. The van der Waals surface area contributed by atoms with Crippen molar-refractivity contribution >= 4 is 17.5 Å². The second-order valence-electron chi connectivity index (χ2n) is 7.74. The number of para-hydroxylation sites is 1. The minimum absolute atomic E-state index is 0.126. The minimum atomic E-state index is -0.365. The fourth-order valence-corrected chi connectivity index (χ4v) is 3.73. The van der Waals surface area contributed by atoms with Gasteiger partial charge >= 0.3 is 0 Å². The zero-order valence-corrected chi connectivity index (χ0v) is 17.8. The number of benzene rings is 3. The number of carbonyl (C=O) groups is 2. The summed E-state index contributed by atoms with van der Waals surface area (Å²) in [6.45, 7) is 1.63. The molecule has 164 valence electrons. The Kier molecular flexibility index (Phi) is 5.59. The number of ether oxygens (including phenoxy) is 1. The molecule has 0 spiro atoms. The van der Waals surface area contributed by atoms with Crippen LogP contribution in [-0.4, -0.2) is 33.0 Å². The molecule has 0 saturated heterocycles. The van der Waals surface area contributed by atoms with Gasteiger partial charge in [0.15, 0.2) is 5.69 Å². The Bertz CT molecular complexity index is 1270. The lowest BCUT2D eigenvalue weighted by Crippen LogP contribution is -2.39. The number of carbonyl (C=O) groups excluding carboxylic acids is 2. The van der Waals surface area contributed by atoms with E-state index in [1.165, 1.54) is 0 Å². The normalized spacial score (nSPS) is 12.8. The SMILES string of the molecule is O=C(Nc1ccc(Oc2ccccc2)cc1)c1cc2n(n1)CCN(Cc1ccccc1)C2=O. The summed E-state index contributed by atoms with van der Waals surface area (Å²) in [4.78, 5) is 27.4. The third-order valence-corrected chi connectivity index (χ3v) is 5.41. The highest BCUT2D eigenvalue weighted by atomic mass is 16.5. The summed E-state index contributed by atoms with van der Waals surface area (Å²) in [6, 6.07) is 28.0. The van der Waals surface area contributed by atoms with Gasteiger partial charge in [-0.15, -0.1) is 0 Å². The van der Waals surface area contributed by atoms with Crippen LogP contribution in [0.5, 0.6) is 11.5 Å². The van der Waals surface area contributed by atoms with Crippen LogP contribution in [0.2, 0.25) is 0 Å². The van der Waals surface area contributed by atoms with Gasteiger partial charge in [0.05, 0.1) is 6.54 Å². The molecule has 0 saturated carbocycles. The molecule has 5 rings (SSSR count). The summed E-state index contributed by atoms with van der Waals surface area (Å²) >= 11 is 0. The number of aromatic nitrogens is 2. The molecule has 0 bridgehead atoms. The van der Waals surface area contributed by atoms with Crippen molar-refractivity contribution in [2.45, 2.75) is 13.1 Å². The summed E-state index contributed by atoms with van der Waals surface area (Å²) in [5.41, 5.74) is 2.32. The van der Waals surface area contributed by atoms with Crippen molar-refractivity contribution in [2.24, 2.45) is 0 Å². The first-order chi connectivity index (χ1) is 16.2. The number of fused-ring (bicyclic) bond motifs is 1. The van der Waals surface area contributed by atoms with E-state index in [4.69, 9.17) is 4.74 Å². The fraction of sp³-hybridized carbons (Fsp3) is 0.115. The first kappa shape index (κ1) is 20.5. The number of nitrogens with one attached hydrogen (secondary N) is 1. The molecule has 3 aromatic carbocycles. The van der Waals surface area contributed by atoms with E-state index in [1.807, 2.05) is 60.7 Å². The largest absolute Gasteiger partial charge is 0.457 e. The van der Waals surface area contributed by atoms with Gasteiger partial charge in [-0.3, -0.25) is 14.3 Å². The molecule has 4 aromatic rings. The molecular weight excluding hydrogens is 416 g/mol. The zero-order chi connectivity index (χ0) is 22.6. The Morgan fingerprint density at radius 2 is 1.55 bits per heavy atom. The van der Waals surface area contributed by atoms with Crippen molar-refractivity contribution in [1.82, 2.24) is 14.7 Å². The standard InChI is InChI=1S/C26H22N4O3/c31-25(27-20-11-13-22(14-12-20)33-21-9-5-2-6-10-21)23-17-24-26(32)29(15-16-30(24)28-23)18-19-7-3-1-4-8-19/h1-14,17H,15-16,18H2,(H,27,31). The first-order valence-corrected chi connectivity index (χ1v) is 10.7. The van der Waals surface area contributed by atoms with E-state index in [2.05, 4.69) is 10.4 Å². The molecule has 0 unspecified atom stereocenters. The van der Waals surface area contributed by atoms with Gasteiger partial charge in [-0.25, -0.2) is 0 Å². The van der Waals surface area contributed by atoms with E-state index >= 15 is 0 Å². The van der Waals surface area contributed by atoms with Crippen molar-refractivity contribution < 1.29 is 14.3 Å². The van der Waals surface area contributed by atoms with Gasteiger partial charge in [-0.05, 0) is 42.0 Å². The number of nitrogens with zero attached hydrogens (tertiary/aromatic N) is 3. The van der Waals surface area contributed by atoms with E-state index in [-0.39, 0.29) is 17.5 Å². The highest BCUT2D eigenvalue weighted by Crippen LogP contribution is 2.23. The van der Waals surface area contributed by atoms with Gasteiger partial charge in [-0.1, -0.05) is 48.5 Å². The maximum Gasteiger partial charge on any atom is 0.276 e. The van der Waals surface area contributed by atoms with Crippen molar-refractivity contribution in [1.29, 1.82) is 0 Å². The molecular formula is C26H22N4O3. The predicted octanol–water partition coefficient (Wildman–Crippen LogP) is 4.58. The van der Waals surface area contributed by atoms with E-state index in [1.54, 1.807) is 39.9 Å². The number of hydrogen-bond donors (Lipinski definition) is 1. The maximum atomic E-state index is 12.9. The molecule has 1 aliphatic heterocycles. The number of amides is 2. The lowest BCUT2D eigenvalue weighted by Gasteiger charge is -2.27. The average molecular weight is 438 g/mol. The van der Waals surface area contributed by atoms with Gasteiger partial charge in [-0.2, -0.15) is 5.10 Å². The molecule has 7 heteroatoms. The Labute approximate surface area is 191 Å². The van der Waals surface area contributed by atoms with E-state index in [0.717, 1.165) is 11.3 Å². The van der Waals surface area contributed by atoms with Crippen LogP contribution in [0.25, 0.3) is 0 Å². The zero-order valence-electron chi connectivity index (χ0n) is 17.8. The Morgan fingerprint density at radius 3 is 2.27 bits per heavy atom. The monoisotopic (exact) mass is 438 g/mol. The van der Waals surface area contributed by atoms with Gasteiger partial charge in [0, 0.05) is 24.8 Å². The van der Waals surface area contributed by atoms with Crippen molar-refractivity contribution in [2.75, 3.05) is 11.9 Å². The molecule has 7 nitrogen and oxygen atoms in total. The summed E-state index contributed by atoms with van der Waals surface area (Å²) in [6.07, 6.45) is 0. The fourth-order valence-electron chi connectivity index (χ4n) is 3.73. The van der Waals surface area contributed by atoms with Crippen molar-refractivity contribution in [3.63, 3.8) is 0 Å². The molecule has 1 aromatic heterocycles. The molecule has 0 radical (unpaired) electrons. The summed E-state index contributed by atoms with van der Waals surface area (Å²) in [5, 5.41) is 7.17. The van der Waals surface area contributed by atoms with Crippen LogP contribution in [0.15, 0.2) is 91.0 Å². The van der Waals surface area contributed by atoms with E-state index in [9.17, 15) is 9.59 Å². The van der Waals surface area contributed by atoms with Crippen LogP contribution in [0.4, 0.5) is 5.69 Å². The quantitative estimate of drug-likeness (QED) is 0.478. The number of hydrogen-bond acceptors (Lipinski definition) is 4. The van der Waals surface area contributed by atoms with E-state index < -0.39 is 0 Å². The van der Waals surface area contributed by atoms with Crippen LogP contribution in [0.3, 0.4) is 0 Å². The highest BCUT2D eigenvalue weighted by Gasteiger charge is 2.28. The third-order valence-electron chi connectivity index (χ3n) is 5.41. The van der Waals surface area contributed by atoms with Crippen molar-refractivity contribution in [3.8, 4) is 11.5 Å².